The molecule has 1 fully saturated rings. The summed E-state index contributed by atoms with van der Waals surface area (Å²) in [7, 11) is 3.05. The Balaban J connectivity index is 0.00000306. The summed E-state index contributed by atoms with van der Waals surface area (Å²) in [5.74, 6) is 0.304. The highest BCUT2D eigenvalue weighted by molar-refractivity contribution is 7.22. The number of benzene rings is 2. The molecular formula is C23H27ClFN3O4S. The van der Waals surface area contributed by atoms with Gasteiger partial charge in [0.05, 0.1) is 43.2 Å². The zero-order valence-corrected chi connectivity index (χ0v) is 20.2. The third kappa shape index (κ3) is 5.73. The van der Waals surface area contributed by atoms with Gasteiger partial charge in [-0.1, -0.05) is 17.4 Å². The van der Waals surface area contributed by atoms with Gasteiger partial charge >= 0.3 is 0 Å². The number of halogens is 2. The molecule has 0 bridgehead atoms. The van der Waals surface area contributed by atoms with Gasteiger partial charge in [-0.2, -0.15) is 0 Å². The molecule has 0 spiro atoms. The molecule has 4 rings (SSSR count). The standard InChI is InChI=1S/C23H26FN3O4S.ClH/c1-29-19-6-3-5-17(21(19)30-2)22(28)27(10-4-9-26-11-13-31-14-12-26)23-25-18-8-7-16(24)15-20(18)32-23;/h3,5-8,15H,4,9-14H2,1-2H3;1H. The van der Waals surface area contributed by atoms with E-state index in [1.807, 2.05) is 0 Å². The first kappa shape index (κ1) is 25.2. The second-order valence-corrected chi connectivity index (χ2v) is 8.42. The Morgan fingerprint density at radius 1 is 1.21 bits per heavy atom. The highest BCUT2D eigenvalue weighted by Gasteiger charge is 2.26. The van der Waals surface area contributed by atoms with Gasteiger partial charge in [-0.3, -0.25) is 14.6 Å². The van der Waals surface area contributed by atoms with E-state index < -0.39 is 0 Å². The van der Waals surface area contributed by atoms with Crippen molar-refractivity contribution in [1.82, 2.24) is 9.88 Å². The van der Waals surface area contributed by atoms with Crippen LogP contribution in [0.5, 0.6) is 11.5 Å². The molecule has 1 aliphatic heterocycles. The zero-order valence-electron chi connectivity index (χ0n) is 18.6. The first-order chi connectivity index (χ1) is 15.6. The molecule has 3 aromatic rings. The van der Waals surface area contributed by atoms with Crippen molar-refractivity contribution in [2.45, 2.75) is 6.42 Å². The molecule has 2 aromatic carbocycles. The van der Waals surface area contributed by atoms with Gasteiger partial charge in [0.2, 0.25) is 0 Å². The molecule has 178 valence electrons. The van der Waals surface area contributed by atoms with Gasteiger partial charge in [0.25, 0.3) is 5.91 Å². The molecule has 1 amide bonds. The summed E-state index contributed by atoms with van der Waals surface area (Å²) < 4.78 is 30.7. The van der Waals surface area contributed by atoms with Gasteiger partial charge in [0.1, 0.15) is 5.82 Å². The lowest BCUT2D eigenvalue weighted by Gasteiger charge is -2.28. The van der Waals surface area contributed by atoms with Crippen LogP contribution in [0.25, 0.3) is 10.2 Å². The van der Waals surface area contributed by atoms with Crippen LogP contribution in [-0.4, -0.2) is 69.4 Å². The molecule has 2 heterocycles. The highest BCUT2D eigenvalue weighted by atomic mass is 35.5. The Bertz CT molecular complexity index is 1090. The van der Waals surface area contributed by atoms with E-state index >= 15 is 0 Å². The number of ether oxygens (including phenoxy) is 3. The van der Waals surface area contributed by atoms with E-state index in [2.05, 4.69) is 9.88 Å². The van der Waals surface area contributed by atoms with Crippen LogP contribution in [0, 0.1) is 5.82 Å². The van der Waals surface area contributed by atoms with E-state index in [1.165, 1.54) is 37.7 Å². The first-order valence-corrected chi connectivity index (χ1v) is 11.3. The van der Waals surface area contributed by atoms with E-state index in [4.69, 9.17) is 14.2 Å². The number of carbonyl (C=O) groups excluding carboxylic acids is 1. The molecule has 33 heavy (non-hydrogen) atoms. The largest absolute Gasteiger partial charge is 0.493 e. The SMILES string of the molecule is COc1cccc(C(=O)N(CCCN2CCOCC2)c2nc3ccc(F)cc3s2)c1OC.Cl. The van der Waals surface area contributed by atoms with Crippen molar-refractivity contribution in [1.29, 1.82) is 0 Å². The summed E-state index contributed by atoms with van der Waals surface area (Å²) in [5, 5.41) is 0.530. The highest BCUT2D eigenvalue weighted by Crippen LogP contribution is 2.35. The van der Waals surface area contributed by atoms with Crippen LogP contribution in [0.2, 0.25) is 0 Å². The van der Waals surface area contributed by atoms with Crippen molar-refractivity contribution in [2.75, 3.05) is 58.5 Å². The molecular weight excluding hydrogens is 469 g/mol. The third-order valence-corrected chi connectivity index (χ3v) is 6.45. The van der Waals surface area contributed by atoms with Crippen LogP contribution >= 0.6 is 23.7 Å². The maximum atomic E-state index is 13.7. The van der Waals surface area contributed by atoms with Crippen LogP contribution < -0.4 is 14.4 Å². The van der Waals surface area contributed by atoms with Crippen LogP contribution in [-0.2, 0) is 4.74 Å². The predicted octanol–water partition coefficient (Wildman–Crippen LogP) is 4.24. The molecule has 1 aromatic heterocycles. The van der Waals surface area contributed by atoms with Crippen molar-refractivity contribution >= 4 is 45.0 Å². The van der Waals surface area contributed by atoms with Crippen molar-refractivity contribution in [3.8, 4) is 11.5 Å². The number of rotatable bonds is 8. The zero-order chi connectivity index (χ0) is 22.5. The minimum atomic E-state index is -0.327. The monoisotopic (exact) mass is 495 g/mol. The molecule has 7 nitrogen and oxygen atoms in total. The number of aromatic nitrogens is 1. The van der Waals surface area contributed by atoms with E-state index in [-0.39, 0.29) is 24.1 Å². The lowest BCUT2D eigenvalue weighted by molar-refractivity contribution is 0.0376. The summed E-state index contributed by atoms with van der Waals surface area (Å²) in [4.78, 5) is 22.3. The number of morpholine rings is 1. The Morgan fingerprint density at radius 3 is 2.73 bits per heavy atom. The summed E-state index contributed by atoms with van der Waals surface area (Å²) in [6.07, 6.45) is 0.766. The van der Waals surface area contributed by atoms with Gasteiger partial charge in [-0.05, 0) is 36.8 Å². The van der Waals surface area contributed by atoms with E-state index in [0.717, 1.165) is 39.3 Å². The molecule has 0 N–H and O–H groups in total. The van der Waals surface area contributed by atoms with E-state index in [0.29, 0.717) is 39.0 Å². The van der Waals surface area contributed by atoms with E-state index in [1.54, 1.807) is 29.2 Å². The average Bonchev–Trinajstić information content (AvgIpc) is 3.24. The van der Waals surface area contributed by atoms with Gasteiger partial charge in [0, 0.05) is 26.2 Å². The fraction of sp³-hybridized carbons (Fsp3) is 0.391. The second kappa shape index (κ2) is 11.6. The molecule has 0 saturated carbocycles. The molecule has 1 saturated heterocycles. The topological polar surface area (TPSA) is 64.1 Å². The molecule has 0 unspecified atom stereocenters. The number of fused-ring (bicyclic) bond motifs is 1. The van der Waals surface area contributed by atoms with Gasteiger partial charge in [-0.15, -0.1) is 12.4 Å². The Hall–Kier alpha value is -2.46. The van der Waals surface area contributed by atoms with Gasteiger partial charge < -0.3 is 14.2 Å². The number of nitrogens with zero attached hydrogens (tertiary/aromatic N) is 3. The van der Waals surface area contributed by atoms with Crippen molar-refractivity contribution in [3.63, 3.8) is 0 Å². The summed E-state index contributed by atoms with van der Waals surface area (Å²) in [6, 6.07) is 9.67. The maximum Gasteiger partial charge on any atom is 0.263 e. The average molecular weight is 496 g/mol. The normalized spacial score (nSPS) is 14.0. The van der Waals surface area contributed by atoms with Crippen LogP contribution in [0.1, 0.15) is 16.8 Å². The first-order valence-electron chi connectivity index (χ1n) is 10.5. The molecule has 1 aliphatic rings. The lowest BCUT2D eigenvalue weighted by Crippen LogP contribution is -2.39. The van der Waals surface area contributed by atoms with Gasteiger partial charge in [0.15, 0.2) is 16.6 Å². The third-order valence-electron chi connectivity index (χ3n) is 5.41. The fourth-order valence-electron chi connectivity index (χ4n) is 3.76. The number of carbonyl (C=O) groups is 1. The number of hydrogen-bond acceptors (Lipinski definition) is 7. The Labute approximate surface area is 202 Å². The van der Waals surface area contributed by atoms with E-state index in [9.17, 15) is 9.18 Å². The molecule has 10 heteroatoms. The van der Waals surface area contributed by atoms with Gasteiger partial charge in [-0.25, -0.2) is 9.37 Å². The number of hydrogen-bond donors (Lipinski definition) is 0. The lowest BCUT2D eigenvalue weighted by atomic mass is 10.1. The number of anilines is 1. The van der Waals surface area contributed by atoms with Crippen LogP contribution in [0.3, 0.4) is 0 Å². The minimum absolute atomic E-state index is 0. The minimum Gasteiger partial charge on any atom is -0.493 e. The second-order valence-electron chi connectivity index (χ2n) is 7.41. The van der Waals surface area contributed by atoms with Crippen molar-refractivity contribution in [3.05, 3.63) is 47.8 Å². The number of amides is 1. The summed E-state index contributed by atoms with van der Waals surface area (Å²) >= 11 is 1.30. The predicted molar refractivity (Wildman–Crippen MR) is 130 cm³/mol. The molecule has 0 radical (unpaired) electrons. The summed E-state index contributed by atoms with van der Waals surface area (Å²) in [5.41, 5.74) is 1.05. The van der Waals surface area contributed by atoms with Crippen molar-refractivity contribution in [2.24, 2.45) is 0 Å². The Kier molecular flexibility index (Phi) is 8.85. The van der Waals surface area contributed by atoms with Crippen LogP contribution in [0.15, 0.2) is 36.4 Å². The summed E-state index contributed by atoms with van der Waals surface area (Å²) in [6.45, 7) is 4.55. The molecule has 0 atom stereocenters. The van der Waals surface area contributed by atoms with Crippen LogP contribution in [0.4, 0.5) is 9.52 Å². The maximum absolute atomic E-state index is 13.7. The Morgan fingerprint density at radius 2 is 2.00 bits per heavy atom. The number of thiazole rings is 1. The van der Waals surface area contributed by atoms with Crippen molar-refractivity contribution < 1.29 is 23.4 Å². The number of methoxy groups -OCH3 is 2. The smallest absolute Gasteiger partial charge is 0.263 e. The quantitative estimate of drug-likeness (QED) is 0.465. The fourth-order valence-corrected chi connectivity index (χ4v) is 4.78. The number of para-hydroxylation sites is 1. The molecule has 0 aliphatic carbocycles.